The normalized spacial score (nSPS) is 12.9. The SMILES string of the molecule is CC(CCO)SCCC(=O)O. The average molecular weight is 178 g/mol. The summed E-state index contributed by atoms with van der Waals surface area (Å²) in [5.74, 6) is -0.120. The van der Waals surface area contributed by atoms with Gasteiger partial charge in [0.25, 0.3) is 0 Å². The van der Waals surface area contributed by atoms with Gasteiger partial charge in [-0.25, -0.2) is 0 Å². The van der Waals surface area contributed by atoms with Gasteiger partial charge in [-0.1, -0.05) is 6.92 Å². The zero-order valence-corrected chi connectivity index (χ0v) is 7.43. The number of carboxylic acids is 1. The molecule has 0 aliphatic carbocycles. The minimum atomic E-state index is -0.756. The van der Waals surface area contributed by atoms with Gasteiger partial charge < -0.3 is 10.2 Å². The Bertz CT molecular complexity index is 116. The van der Waals surface area contributed by atoms with E-state index in [9.17, 15) is 4.79 Å². The predicted octanol–water partition coefficient (Wildman–Crippen LogP) is 0.965. The molecule has 0 amide bonds. The summed E-state index contributed by atoms with van der Waals surface area (Å²) in [5, 5.41) is 17.2. The summed E-state index contributed by atoms with van der Waals surface area (Å²) in [6.45, 7) is 2.17. The molecule has 1 unspecified atom stereocenters. The van der Waals surface area contributed by atoms with Gasteiger partial charge in [0, 0.05) is 17.6 Å². The maximum absolute atomic E-state index is 10.1. The molecule has 0 aliphatic heterocycles. The topological polar surface area (TPSA) is 57.5 Å². The smallest absolute Gasteiger partial charge is 0.304 e. The van der Waals surface area contributed by atoms with Crippen LogP contribution in [0.2, 0.25) is 0 Å². The lowest BCUT2D eigenvalue weighted by Gasteiger charge is -2.06. The molecule has 11 heavy (non-hydrogen) atoms. The Morgan fingerprint density at radius 2 is 2.27 bits per heavy atom. The molecule has 3 nitrogen and oxygen atoms in total. The first kappa shape index (κ1) is 10.8. The molecular weight excluding hydrogens is 164 g/mol. The van der Waals surface area contributed by atoms with E-state index in [4.69, 9.17) is 10.2 Å². The summed E-state index contributed by atoms with van der Waals surface area (Å²) in [6.07, 6.45) is 0.949. The minimum absolute atomic E-state index is 0.182. The third kappa shape index (κ3) is 7.68. The molecule has 0 bridgehead atoms. The summed E-state index contributed by atoms with van der Waals surface area (Å²) in [6, 6.07) is 0. The third-order valence-electron chi connectivity index (χ3n) is 1.25. The quantitative estimate of drug-likeness (QED) is 0.636. The summed E-state index contributed by atoms with van der Waals surface area (Å²) >= 11 is 1.59. The molecule has 0 radical (unpaired) electrons. The lowest BCUT2D eigenvalue weighted by atomic mass is 10.3. The van der Waals surface area contributed by atoms with Gasteiger partial charge in [-0.2, -0.15) is 11.8 Å². The van der Waals surface area contributed by atoms with Crippen LogP contribution < -0.4 is 0 Å². The molecule has 0 aromatic carbocycles. The molecule has 0 saturated heterocycles. The number of thioether (sulfide) groups is 1. The van der Waals surface area contributed by atoms with Crippen molar-refractivity contribution in [3.8, 4) is 0 Å². The van der Waals surface area contributed by atoms with Gasteiger partial charge in [-0.3, -0.25) is 4.79 Å². The van der Waals surface area contributed by atoms with E-state index in [0.29, 0.717) is 11.0 Å². The first-order valence-electron chi connectivity index (χ1n) is 3.61. The Morgan fingerprint density at radius 3 is 2.73 bits per heavy atom. The number of hydrogen-bond acceptors (Lipinski definition) is 3. The van der Waals surface area contributed by atoms with E-state index in [1.54, 1.807) is 11.8 Å². The van der Waals surface area contributed by atoms with Crippen molar-refractivity contribution >= 4 is 17.7 Å². The van der Waals surface area contributed by atoms with Crippen LogP contribution in [0.3, 0.4) is 0 Å². The number of rotatable bonds is 6. The molecule has 0 saturated carbocycles. The predicted molar refractivity (Wildman–Crippen MR) is 45.9 cm³/mol. The lowest BCUT2D eigenvalue weighted by Crippen LogP contribution is -2.03. The third-order valence-corrected chi connectivity index (χ3v) is 2.50. The fourth-order valence-corrected chi connectivity index (χ4v) is 1.58. The molecular formula is C7H14O3S. The zero-order chi connectivity index (χ0) is 8.69. The number of aliphatic carboxylic acids is 1. The molecule has 2 N–H and O–H groups in total. The Morgan fingerprint density at radius 1 is 1.64 bits per heavy atom. The van der Waals surface area contributed by atoms with Gasteiger partial charge in [0.05, 0.1) is 6.42 Å². The van der Waals surface area contributed by atoms with Gasteiger partial charge in [0.1, 0.15) is 0 Å². The molecule has 0 aromatic rings. The van der Waals surface area contributed by atoms with Crippen LogP contribution in [-0.2, 0) is 4.79 Å². The van der Waals surface area contributed by atoms with Crippen LogP contribution >= 0.6 is 11.8 Å². The molecule has 4 heteroatoms. The monoisotopic (exact) mass is 178 g/mol. The number of carboxylic acid groups (broad SMARTS) is 1. The molecule has 0 aromatic heterocycles. The second-order valence-electron chi connectivity index (χ2n) is 2.34. The highest BCUT2D eigenvalue weighted by Gasteiger charge is 2.02. The maximum Gasteiger partial charge on any atom is 0.304 e. The zero-order valence-electron chi connectivity index (χ0n) is 6.62. The molecule has 0 spiro atoms. The average Bonchev–Trinajstić information content (AvgIpc) is 1.87. The second-order valence-corrected chi connectivity index (χ2v) is 3.88. The van der Waals surface area contributed by atoms with E-state index in [-0.39, 0.29) is 13.0 Å². The molecule has 0 aliphatic rings. The Labute approximate surface area is 70.8 Å². The highest BCUT2D eigenvalue weighted by atomic mass is 32.2. The summed E-state index contributed by atoms with van der Waals surface area (Å²) in [4.78, 5) is 10.1. The van der Waals surface area contributed by atoms with E-state index < -0.39 is 5.97 Å². The van der Waals surface area contributed by atoms with Crippen molar-refractivity contribution in [2.45, 2.75) is 25.0 Å². The van der Waals surface area contributed by atoms with E-state index in [1.807, 2.05) is 6.92 Å². The highest BCUT2D eigenvalue weighted by Crippen LogP contribution is 2.14. The first-order valence-corrected chi connectivity index (χ1v) is 4.66. The van der Waals surface area contributed by atoms with E-state index in [2.05, 4.69) is 0 Å². The molecule has 0 rings (SSSR count). The first-order chi connectivity index (χ1) is 5.16. The van der Waals surface area contributed by atoms with Crippen LogP contribution in [-0.4, -0.2) is 33.8 Å². The van der Waals surface area contributed by atoms with Gasteiger partial charge in [0.2, 0.25) is 0 Å². The number of aliphatic hydroxyl groups excluding tert-OH is 1. The van der Waals surface area contributed by atoms with Crippen molar-refractivity contribution in [3.63, 3.8) is 0 Å². The fraction of sp³-hybridized carbons (Fsp3) is 0.857. The summed E-state index contributed by atoms with van der Waals surface area (Å²) < 4.78 is 0. The largest absolute Gasteiger partial charge is 0.481 e. The van der Waals surface area contributed by atoms with Gasteiger partial charge in [-0.05, 0) is 6.42 Å². The Balaban J connectivity index is 3.16. The van der Waals surface area contributed by atoms with Crippen LogP contribution in [0.15, 0.2) is 0 Å². The van der Waals surface area contributed by atoms with E-state index in [0.717, 1.165) is 6.42 Å². The lowest BCUT2D eigenvalue weighted by molar-refractivity contribution is -0.136. The summed E-state index contributed by atoms with van der Waals surface area (Å²) in [5.41, 5.74) is 0. The van der Waals surface area contributed by atoms with Crippen molar-refractivity contribution in [2.75, 3.05) is 12.4 Å². The number of carbonyl (C=O) groups is 1. The van der Waals surface area contributed by atoms with E-state index >= 15 is 0 Å². The highest BCUT2D eigenvalue weighted by molar-refractivity contribution is 7.99. The van der Waals surface area contributed by atoms with Crippen molar-refractivity contribution in [2.24, 2.45) is 0 Å². The standard InChI is InChI=1S/C7H14O3S/c1-6(2-4-8)11-5-3-7(9)10/h6,8H,2-5H2,1H3,(H,9,10). The second kappa shape index (κ2) is 6.49. The van der Waals surface area contributed by atoms with Crippen molar-refractivity contribution in [3.05, 3.63) is 0 Å². The van der Waals surface area contributed by atoms with Crippen LogP contribution in [0.4, 0.5) is 0 Å². The molecule has 0 heterocycles. The Kier molecular flexibility index (Phi) is 6.36. The van der Waals surface area contributed by atoms with Crippen molar-refractivity contribution in [1.29, 1.82) is 0 Å². The Hall–Kier alpha value is -0.220. The van der Waals surface area contributed by atoms with Gasteiger partial charge >= 0.3 is 5.97 Å². The molecule has 1 atom stereocenters. The van der Waals surface area contributed by atoms with Gasteiger partial charge in [0.15, 0.2) is 0 Å². The molecule has 0 fully saturated rings. The maximum atomic E-state index is 10.1. The minimum Gasteiger partial charge on any atom is -0.481 e. The van der Waals surface area contributed by atoms with Gasteiger partial charge in [-0.15, -0.1) is 0 Å². The van der Waals surface area contributed by atoms with Crippen molar-refractivity contribution in [1.82, 2.24) is 0 Å². The number of aliphatic hydroxyl groups is 1. The van der Waals surface area contributed by atoms with Crippen LogP contribution in [0, 0.1) is 0 Å². The van der Waals surface area contributed by atoms with Crippen LogP contribution in [0.25, 0.3) is 0 Å². The van der Waals surface area contributed by atoms with Crippen LogP contribution in [0.1, 0.15) is 19.8 Å². The number of hydrogen-bond donors (Lipinski definition) is 2. The van der Waals surface area contributed by atoms with E-state index in [1.165, 1.54) is 0 Å². The fourth-order valence-electron chi connectivity index (χ4n) is 0.613. The summed E-state index contributed by atoms with van der Waals surface area (Å²) in [7, 11) is 0. The van der Waals surface area contributed by atoms with Crippen molar-refractivity contribution < 1.29 is 15.0 Å². The van der Waals surface area contributed by atoms with Crippen LogP contribution in [0.5, 0.6) is 0 Å². The molecule has 66 valence electrons.